The van der Waals surface area contributed by atoms with E-state index in [-0.39, 0.29) is 18.4 Å². The van der Waals surface area contributed by atoms with E-state index in [0.717, 1.165) is 51.7 Å². The summed E-state index contributed by atoms with van der Waals surface area (Å²) in [4.78, 5) is 21.8. The largest absolute Gasteiger partial charge is 0.379 e. The van der Waals surface area contributed by atoms with E-state index in [2.05, 4.69) is 10.6 Å². The molecule has 160 valence electrons. The van der Waals surface area contributed by atoms with Crippen LogP contribution in [-0.4, -0.2) is 78.3 Å². The van der Waals surface area contributed by atoms with Crippen LogP contribution in [0.4, 0.5) is 0 Å². The predicted molar refractivity (Wildman–Crippen MR) is 104 cm³/mol. The van der Waals surface area contributed by atoms with Crippen molar-refractivity contribution in [1.29, 1.82) is 0 Å². The van der Waals surface area contributed by atoms with Gasteiger partial charge in [-0.25, -0.2) is 0 Å². The van der Waals surface area contributed by atoms with Crippen molar-refractivity contribution in [2.24, 2.45) is 0 Å². The summed E-state index contributed by atoms with van der Waals surface area (Å²) in [5.41, 5.74) is 0. The number of nitrogens with one attached hydrogen (secondary N) is 2. The third kappa shape index (κ3) is 22.7. The molecular weight excluding hydrogens is 352 g/mol. The summed E-state index contributed by atoms with van der Waals surface area (Å²) in [7, 11) is 1.51. The van der Waals surface area contributed by atoms with Crippen molar-refractivity contribution in [3.8, 4) is 0 Å². The lowest BCUT2D eigenvalue weighted by molar-refractivity contribution is -0.124. The molecule has 8 nitrogen and oxygen atoms in total. The summed E-state index contributed by atoms with van der Waals surface area (Å²) >= 11 is 0. The standard InChI is InChI=1S/C19H38N2O6/c1-18(22)20-9-5-3-7-11-25-13-15-27-16-14-26-12-8-4-6-10-21-19(23)17-24-2/h3-17H2,1-2H3,(H,20,22)(H,21,23). The van der Waals surface area contributed by atoms with Crippen LogP contribution < -0.4 is 10.6 Å². The van der Waals surface area contributed by atoms with Gasteiger partial charge in [-0.3, -0.25) is 9.59 Å². The Morgan fingerprint density at radius 2 is 1.15 bits per heavy atom. The summed E-state index contributed by atoms with van der Waals surface area (Å²) in [6, 6.07) is 0. The molecule has 2 amide bonds. The first-order valence-corrected chi connectivity index (χ1v) is 9.90. The maximum absolute atomic E-state index is 11.1. The van der Waals surface area contributed by atoms with E-state index in [1.54, 1.807) is 0 Å². The van der Waals surface area contributed by atoms with E-state index in [1.165, 1.54) is 14.0 Å². The van der Waals surface area contributed by atoms with Crippen LogP contribution in [0.15, 0.2) is 0 Å². The second kappa shape index (κ2) is 21.1. The molecule has 0 aromatic heterocycles. The van der Waals surface area contributed by atoms with Gasteiger partial charge in [0.2, 0.25) is 11.8 Å². The molecule has 0 atom stereocenters. The minimum absolute atomic E-state index is 0.0242. The zero-order valence-electron chi connectivity index (χ0n) is 17.1. The summed E-state index contributed by atoms with van der Waals surface area (Å²) in [5, 5.41) is 5.56. The molecule has 2 N–H and O–H groups in total. The van der Waals surface area contributed by atoms with E-state index in [4.69, 9.17) is 18.9 Å². The number of ether oxygens (including phenoxy) is 4. The Hall–Kier alpha value is -1.22. The quantitative estimate of drug-likeness (QED) is 0.304. The normalized spacial score (nSPS) is 10.7. The molecule has 0 aliphatic rings. The highest BCUT2D eigenvalue weighted by Gasteiger charge is 1.98. The number of methoxy groups -OCH3 is 1. The average Bonchev–Trinajstić information content (AvgIpc) is 2.63. The average molecular weight is 391 g/mol. The van der Waals surface area contributed by atoms with Gasteiger partial charge in [0.15, 0.2) is 0 Å². The molecule has 0 heterocycles. The fourth-order valence-corrected chi connectivity index (χ4v) is 2.23. The lowest BCUT2D eigenvalue weighted by atomic mass is 10.2. The smallest absolute Gasteiger partial charge is 0.245 e. The summed E-state index contributed by atoms with van der Waals surface area (Å²) in [6.07, 6.45) is 5.98. The molecular formula is C19H38N2O6. The third-order valence-electron chi connectivity index (χ3n) is 3.65. The molecule has 0 spiro atoms. The van der Waals surface area contributed by atoms with Crippen LogP contribution in [0.2, 0.25) is 0 Å². The van der Waals surface area contributed by atoms with Crippen LogP contribution in [0.25, 0.3) is 0 Å². The zero-order chi connectivity index (χ0) is 20.0. The Kier molecular flexibility index (Phi) is 20.1. The fourth-order valence-electron chi connectivity index (χ4n) is 2.23. The molecule has 0 unspecified atom stereocenters. The summed E-state index contributed by atoms with van der Waals surface area (Å²) in [5.74, 6) is -0.0482. The number of carbonyl (C=O) groups excluding carboxylic acids is 2. The number of hydrogen-bond donors (Lipinski definition) is 2. The van der Waals surface area contributed by atoms with Gasteiger partial charge in [0, 0.05) is 40.3 Å². The lowest BCUT2D eigenvalue weighted by Crippen LogP contribution is -2.27. The van der Waals surface area contributed by atoms with Gasteiger partial charge < -0.3 is 29.6 Å². The number of amides is 2. The molecule has 0 fully saturated rings. The van der Waals surface area contributed by atoms with E-state index >= 15 is 0 Å². The molecule has 0 bridgehead atoms. The van der Waals surface area contributed by atoms with Crippen molar-refractivity contribution in [2.45, 2.75) is 45.4 Å². The van der Waals surface area contributed by atoms with Crippen molar-refractivity contribution in [3.05, 3.63) is 0 Å². The maximum Gasteiger partial charge on any atom is 0.245 e. The topological polar surface area (TPSA) is 95.1 Å². The maximum atomic E-state index is 11.1. The highest BCUT2D eigenvalue weighted by molar-refractivity contribution is 5.77. The second-order valence-corrected chi connectivity index (χ2v) is 6.22. The first kappa shape index (κ1) is 25.8. The van der Waals surface area contributed by atoms with Gasteiger partial charge >= 0.3 is 0 Å². The molecule has 0 aromatic rings. The van der Waals surface area contributed by atoms with E-state index in [1.807, 2.05) is 0 Å². The molecule has 0 saturated carbocycles. The van der Waals surface area contributed by atoms with Crippen molar-refractivity contribution >= 4 is 11.8 Å². The molecule has 27 heavy (non-hydrogen) atoms. The van der Waals surface area contributed by atoms with E-state index in [9.17, 15) is 9.59 Å². The van der Waals surface area contributed by atoms with E-state index < -0.39 is 0 Å². The zero-order valence-corrected chi connectivity index (χ0v) is 17.1. The predicted octanol–water partition coefficient (Wildman–Crippen LogP) is 1.28. The molecule has 8 heteroatoms. The fraction of sp³-hybridized carbons (Fsp3) is 0.895. The molecule has 0 rings (SSSR count). The SMILES string of the molecule is COCC(=O)NCCCCCOCCOCCOCCCCCNC(C)=O. The first-order valence-electron chi connectivity index (χ1n) is 9.90. The van der Waals surface area contributed by atoms with Crippen LogP contribution in [0.3, 0.4) is 0 Å². The number of carbonyl (C=O) groups is 2. The second-order valence-electron chi connectivity index (χ2n) is 6.22. The van der Waals surface area contributed by atoms with Crippen molar-refractivity contribution < 1.29 is 28.5 Å². The van der Waals surface area contributed by atoms with Crippen LogP contribution >= 0.6 is 0 Å². The van der Waals surface area contributed by atoms with Crippen LogP contribution in [-0.2, 0) is 28.5 Å². The minimum atomic E-state index is -0.0724. The third-order valence-corrected chi connectivity index (χ3v) is 3.65. The lowest BCUT2D eigenvalue weighted by Gasteiger charge is -2.07. The number of hydrogen-bond acceptors (Lipinski definition) is 6. The Morgan fingerprint density at radius 1 is 0.667 bits per heavy atom. The highest BCUT2D eigenvalue weighted by atomic mass is 16.5. The summed E-state index contributed by atoms with van der Waals surface area (Å²) in [6.45, 7) is 6.86. The molecule has 0 radical (unpaired) electrons. The van der Waals surface area contributed by atoms with Crippen molar-refractivity contribution in [3.63, 3.8) is 0 Å². The van der Waals surface area contributed by atoms with E-state index in [0.29, 0.717) is 39.6 Å². The van der Waals surface area contributed by atoms with Gasteiger partial charge in [-0.05, 0) is 38.5 Å². The van der Waals surface area contributed by atoms with Gasteiger partial charge in [0.1, 0.15) is 6.61 Å². The van der Waals surface area contributed by atoms with Crippen molar-refractivity contribution in [2.75, 3.05) is 66.4 Å². The van der Waals surface area contributed by atoms with Crippen LogP contribution in [0.5, 0.6) is 0 Å². The van der Waals surface area contributed by atoms with Crippen LogP contribution in [0, 0.1) is 0 Å². The minimum Gasteiger partial charge on any atom is -0.379 e. The number of rotatable bonds is 20. The Labute approximate surface area is 163 Å². The van der Waals surface area contributed by atoms with Gasteiger partial charge in [-0.15, -0.1) is 0 Å². The van der Waals surface area contributed by atoms with Gasteiger partial charge in [0.25, 0.3) is 0 Å². The van der Waals surface area contributed by atoms with Gasteiger partial charge in [-0.2, -0.15) is 0 Å². The Balaban J connectivity index is 3.05. The Bertz CT molecular complexity index is 355. The first-order chi connectivity index (χ1) is 13.2. The highest BCUT2D eigenvalue weighted by Crippen LogP contribution is 1.96. The van der Waals surface area contributed by atoms with Gasteiger partial charge in [-0.1, -0.05) is 0 Å². The van der Waals surface area contributed by atoms with Crippen LogP contribution in [0.1, 0.15) is 45.4 Å². The summed E-state index contributed by atoms with van der Waals surface area (Å²) < 4.78 is 21.2. The Morgan fingerprint density at radius 3 is 1.63 bits per heavy atom. The molecule has 0 saturated heterocycles. The monoisotopic (exact) mass is 390 g/mol. The van der Waals surface area contributed by atoms with Crippen molar-refractivity contribution in [1.82, 2.24) is 10.6 Å². The molecule has 0 aromatic carbocycles. The molecule has 0 aliphatic carbocycles. The number of unbranched alkanes of at least 4 members (excludes halogenated alkanes) is 4. The van der Waals surface area contributed by atoms with Gasteiger partial charge in [0.05, 0.1) is 26.4 Å². The molecule has 0 aliphatic heterocycles.